The van der Waals surface area contributed by atoms with Crippen molar-refractivity contribution in [2.75, 3.05) is 26.8 Å². The Bertz CT molecular complexity index is 796. The molecule has 3 heterocycles. The van der Waals surface area contributed by atoms with Gasteiger partial charge in [0.15, 0.2) is 0 Å². The highest BCUT2D eigenvalue weighted by Gasteiger charge is 2.24. The summed E-state index contributed by atoms with van der Waals surface area (Å²) in [4.78, 5) is 2.37. The molecule has 1 aliphatic rings. The number of methoxy groups -OCH3 is 1. The minimum atomic E-state index is -0.0138. The number of furan rings is 1. The summed E-state index contributed by atoms with van der Waals surface area (Å²) < 4.78 is 16.6. The lowest BCUT2D eigenvalue weighted by atomic mass is 10.1. The largest absolute Gasteiger partial charge is 0.497 e. The topological polar surface area (TPSA) is 63.5 Å². The van der Waals surface area contributed by atoms with Gasteiger partial charge in [-0.2, -0.15) is 5.10 Å². The second kappa shape index (κ2) is 7.13. The molecule has 25 heavy (non-hydrogen) atoms. The minimum absolute atomic E-state index is 0.0138. The van der Waals surface area contributed by atoms with Crippen LogP contribution in [0.1, 0.15) is 17.4 Å². The molecular formula is C19H21N3O3. The van der Waals surface area contributed by atoms with Crippen LogP contribution in [0.3, 0.4) is 0 Å². The van der Waals surface area contributed by atoms with Gasteiger partial charge in [-0.05, 0) is 36.4 Å². The summed E-state index contributed by atoms with van der Waals surface area (Å²) in [6.45, 7) is 3.21. The zero-order valence-corrected chi connectivity index (χ0v) is 14.1. The van der Waals surface area contributed by atoms with Crippen LogP contribution in [-0.2, 0) is 11.3 Å². The van der Waals surface area contributed by atoms with Crippen LogP contribution in [0.25, 0.3) is 11.3 Å². The number of hydrogen-bond donors (Lipinski definition) is 1. The number of aromatic nitrogens is 2. The van der Waals surface area contributed by atoms with Crippen molar-refractivity contribution in [2.45, 2.75) is 12.6 Å². The number of nitrogens with one attached hydrogen (secondary N) is 1. The molecule has 0 spiro atoms. The molecule has 3 aromatic rings. The quantitative estimate of drug-likeness (QED) is 0.773. The van der Waals surface area contributed by atoms with E-state index < -0.39 is 0 Å². The van der Waals surface area contributed by atoms with E-state index in [1.165, 1.54) is 5.56 Å². The Balaban J connectivity index is 1.48. The number of benzene rings is 1. The summed E-state index contributed by atoms with van der Waals surface area (Å²) >= 11 is 0. The Hall–Kier alpha value is -2.57. The van der Waals surface area contributed by atoms with Crippen molar-refractivity contribution in [1.82, 2.24) is 15.1 Å². The number of morpholine rings is 1. The van der Waals surface area contributed by atoms with E-state index in [9.17, 15) is 0 Å². The molecule has 1 saturated heterocycles. The van der Waals surface area contributed by atoms with E-state index in [1.54, 1.807) is 13.4 Å². The molecule has 4 rings (SSSR count). The van der Waals surface area contributed by atoms with Crippen LogP contribution >= 0.6 is 0 Å². The molecule has 1 aromatic carbocycles. The highest BCUT2D eigenvalue weighted by molar-refractivity contribution is 5.63. The zero-order valence-electron chi connectivity index (χ0n) is 14.1. The van der Waals surface area contributed by atoms with Gasteiger partial charge in [-0.3, -0.25) is 10.00 Å². The molecule has 6 nitrogen and oxygen atoms in total. The van der Waals surface area contributed by atoms with Gasteiger partial charge >= 0.3 is 0 Å². The molecule has 1 aliphatic heterocycles. The van der Waals surface area contributed by atoms with Crippen molar-refractivity contribution in [1.29, 1.82) is 0 Å². The second-order valence-electron chi connectivity index (χ2n) is 6.11. The number of rotatable bonds is 5. The molecule has 0 saturated carbocycles. The van der Waals surface area contributed by atoms with Gasteiger partial charge in [-0.1, -0.05) is 0 Å². The van der Waals surface area contributed by atoms with E-state index in [0.29, 0.717) is 6.61 Å². The van der Waals surface area contributed by atoms with E-state index in [4.69, 9.17) is 13.9 Å². The second-order valence-corrected chi connectivity index (χ2v) is 6.11. The molecule has 0 unspecified atom stereocenters. The summed E-state index contributed by atoms with van der Waals surface area (Å²) in [7, 11) is 1.67. The number of ether oxygens (including phenoxy) is 2. The van der Waals surface area contributed by atoms with E-state index in [2.05, 4.69) is 15.1 Å². The maximum Gasteiger partial charge on any atom is 0.133 e. The Kier molecular flexibility index (Phi) is 4.54. The van der Waals surface area contributed by atoms with Crippen molar-refractivity contribution in [2.24, 2.45) is 0 Å². The molecular weight excluding hydrogens is 318 g/mol. The van der Waals surface area contributed by atoms with E-state index in [1.807, 2.05) is 42.6 Å². The van der Waals surface area contributed by atoms with E-state index in [-0.39, 0.29) is 6.10 Å². The summed E-state index contributed by atoms with van der Waals surface area (Å²) in [5.74, 6) is 1.73. The Labute approximate surface area is 146 Å². The third-order valence-corrected chi connectivity index (χ3v) is 4.50. The number of H-pyrrole nitrogens is 1. The predicted molar refractivity (Wildman–Crippen MR) is 93.3 cm³/mol. The maximum atomic E-state index is 5.84. The molecule has 1 atom stereocenters. The minimum Gasteiger partial charge on any atom is -0.497 e. The first-order valence-corrected chi connectivity index (χ1v) is 8.37. The Morgan fingerprint density at radius 2 is 2.16 bits per heavy atom. The molecule has 6 heteroatoms. The average molecular weight is 339 g/mol. The number of nitrogens with zero attached hydrogens (tertiary/aromatic N) is 2. The highest BCUT2D eigenvalue weighted by atomic mass is 16.5. The SMILES string of the molecule is COc1ccc(-c2[nH]ncc2CN2CCO[C@H](c3ccco3)C2)cc1. The Morgan fingerprint density at radius 3 is 2.92 bits per heavy atom. The van der Waals surface area contributed by atoms with E-state index >= 15 is 0 Å². The van der Waals surface area contributed by atoms with Crippen LogP contribution in [0.15, 0.2) is 53.3 Å². The first-order valence-electron chi connectivity index (χ1n) is 8.37. The monoisotopic (exact) mass is 339 g/mol. The first kappa shape index (κ1) is 15.9. The summed E-state index contributed by atoms with van der Waals surface area (Å²) in [6.07, 6.45) is 3.58. The van der Waals surface area contributed by atoms with Crippen LogP contribution in [0.5, 0.6) is 5.75 Å². The molecule has 1 N–H and O–H groups in total. The van der Waals surface area contributed by atoms with Crippen LogP contribution in [0.2, 0.25) is 0 Å². The van der Waals surface area contributed by atoms with Crippen molar-refractivity contribution < 1.29 is 13.9 Å². The maximum absolute atomic E-state index is 5.84. The van der Waals surface area contributed by atoms with Gasteiger partial charge in [0.1, 0.15) is 17.6 Å². The van der Waals surface area contributed by atoms with Crippen molar-refractivity contribution in [3.8, 4) is 17.0 Å². The normalized spacial score (nSPS) is 18.4. The predicted octanol–water partition coefficient (Wildman–Crippen LogP) is 3.25. The lowest BCUT2D eigenvalue weighted by Gasteiger charge is -2.31. The summed E-state index contributed by atoms with van der Waals surface area (Å²) in [5, 5.41) is 7.36. The number of hydrogen-bond acceptors (Lipinski definition) is 5. The average Bonchev–Trinajstić information content (AvgIpc) is 3.34. The van der Waals surface area contributed by atoms with Gasteiger partial charge in [0.25, 0.3) is 0 Å². The first-order chi connectivity index (χ1) is 12.3. The third-order valence-electron chi connectivity index (χ3n) is 4.50. The lowest BCUT2D eigenvalue weighted by Crippen LogP contribution is -2.37. The molecule has 0 bridgehead atoms. The smallest absolute Gasteiger partial charge is 0.133 e. The zero-order chi connectivity index (χ0) is 17.1. The fraction of sp³-hybridized carbons (Fsp3) is 0.316. The molecule has 1 fully saturated rings. The fourth-order valence-corrected chi connectivity index (χ4v) is 3.17. The standard InChI is InChI=1S/C19H21N3O3/c1-23-16-6-4-14(5-7-16)19-15(11-20-21-19)12-22-8-10-25-18(13-22)17-3-2-9-24-17/h2-7,9,11,18H,8,10,12-13H2,1H3,(H,20,21)/t18-/m0/s1. The van der Waals surface area contributed by atoms with Gasteiger partial charge in [0.2, 0.25) is 0 Å². The van der Waals surface area contributed by atoms with Crippen molar-refractivity contribution >= 4 is 0 Å². The molecule has 0 radical (unpaired) electrons. The van der Waals surface area contributed by atoms with Gasteiger partial charge in [0, 0.05) is 30.8 Å². The molecule has 0 aliphatic carbocycles. The van der Waals surface area contributed by atoms with E-state index in [0.717, 1.165) is 42.4 Å². The highest BCUT2D eigenvalue weighted by Crippen LogP contribution is 2.27. The van der Waals surface area contributed by atoms with Gasteiger partial charge in [0.05, 0.1) is 31.9 Å². The lowest BCUT2D eigenvalue weighted by molar-refractivity contribution is -0.0427. The Morgan fingerprint density at radius 1 is 1.28 bits per heavy atom. The fourth-order valence-electron chi connectivity index (χ4n) is 3.17. The van der Waals surface area contributed by atoms with Crippen LogP contribution in [0.4, 0.5) is 0 Å². The van der Waals surface area contributed by atoms with Gasteiger partial charge < -0.3 is 13.9 Å². The summed E-state index contributed by atoms with van der Waals surface area (Å²) in [6, 6.07) is 11.9. The molecule has 0 amide bonds. The third kappa shape index (κ3) is 3.45. The van der Waals surface area contributed by atoms with Gasteiger partial charge in [-0.25, -0.2) is 0 Å². The van der Waals surface area contributed by atoms with Crippen molar-refractivity contribution in [3.63, 3.8) is 0 Å². The van der Waals surface area contributed by atoms with Crippen LogP contribution < -0.4 is 4.74 Å². The van der Waals surface area contributed by atoms with Crippen LogP contribution in [0, 0.1) is 0 Å². The van der Waals surface area contributed by atoms with Crippen molar-refractivity contribution in [3.05, 3.63) is 60.2 Å². The summed E-state index contributed by atoms with van der Waals surface area (Å²) in [5.41, 5.74) is 3.32. The van der Waals surface area contributed by atoms with Crippen LogP contribution in [-0.4, -0.2) is 41.9 Å². The van der Waals surface area contributed by atoms with Gasteiger partial charge in [-0.15, -0.1) is 0 Å². The number of aromatic amines is 1. The molecule has 130 valence electrons. The molecule has 2 aromatic heterocycles.